The number of amides is 2. The zero-order valence-corrected chi connectivity index (χ0v) is 17.9. The van der Waals surface area contributed by atoms with Gasteiger partial charge in [0.25, 0.3) is 0 Å². The van der Waals surface area contributed by atoms with Crippen molar-refractivity contribution >= 4 is 44.9 Å². The third-order valence-electron chi connectivity index (χ3n) is 5.94. The number of carbonyl (C=O) groups is 2. The summed E-state index contributed by atoms with van der Waals surface area (Å²) in [6.07, 6.45) is 0.659. The molecule has 5 rings (SSSR count). The number of anilines is 2. The molecule has 0 aliphatic carbocycles. The number of thioether (sulfide) groups is 1. The van der Waals surface area contributed by atoms with Crippen molar-refractivity contribution in [1.29, 1.82) is 0 Å². The van der Waals surface area contributed by atoms with E-state index in [9.17, 15) is 18.0 Å². The minimum absolute atomic E-state index is 0.0489. The van der Waals surface area contributed by atoms with Crippen molar-refractivity contribution in [2.45, 2.75) is 30.4 Å². The summed E-state index contributed by atoms with van der Waals surface area (Å²) >= 11 is 1.72. The topological polar surface area (TPSA) is 101 Å². The van der Waals surface area contributed by atoms with Gasteiger partial charge in [-0.05, 0) is 18.6 Å². The first-order chi connectivity index (χ1) is 14.4. The van der Waals surface area contributed by atoms with Gasteiger partial charge in [-0.15, -0.1) is 0 Å². The minimum atomic E-state index is -3.07. The van der Waals surface area contributed by atoms with Gasteiger partial charge in [0, 0.05) is 35.7 Å². The monoisotopic (exact) mass is 446 g/mol. The van der Waals surface area contributed by atoms with Crippen molar-refractivity contribution < 1.29 is 18.0 Å². The van der Waals surface area contributed by atoms with Crippen molar-refractivity contribution in [2.75, 3.05) is 28.3 Å². The van der Waals surface area contributed by atoms with Crippen LogP contribution in [0.2, 0.25) is 0 Å². The average Bonchev–Trinajstić information content (AvgIpc) is 3.47. The Labute approximate surface area is 178 Å². The first-order valence-corrected chi connectivity index (χ1v) is 12.9. The molecule has 0 spiro atoms. The molecule has 2 aromatic rings. The third kappa shape index (κ3) is 3.51. The summed E-state index contributed by atoms with van der Waals surface area (Å²) in [5.74, 6) is 1.55. The maximum atomic E-state index is 13.1. The van der Waals surface area contributed by atoms with E-state index in [2.05, 4.69) is 10.4 Å². The standard InChI is InChI=1S/C20H22N4O4S2/c25-18-8-13(9-23(18)14-4-2-1-3-5-14)20(26)21-19-16-10-29-11-17(16)22-24(19)15-6-7-30(27,28)12-15/h1-5,13,15H,6-12H2,(H,21,26). The van der Waals surface area contributed by atoms with Crippen LogP contribution in [0.25, 0.3) is 0 Å². The number of fused-ring (bicyclic) bond motifs is 1. The largest absolute Gasteiger partial charge is 0.312 e. The number of rotatable bonds is 4. The van der Waals surface area contributed by atoms with E-state index in [-0.39, 0.29) is 35.8 Å². The molecular formula is C20H22N4O4S2. The fourth-order valence-electron chi connectivity index (χ4n) is 4.36. The predicted molar refractivity (Wildman–Crippen MR) is 115 cm³/mol. The molecule has 8 nitrogen and oxygen atoms in total. The Morgan fingerprint density at radius 1 is 1.20 bits per heavy atom. The van der Waals surface area contributed by atoms with Crippen LogP contribution in [-0.2, 0) is 30.9 Å². The number of hydrogen-bond donors (Lipinski definition) is 1. The Kier molecular flexibility index (Phi) is 4.85. The summed E-state index contributed by atoms with van der Waals surface area (Å²) in [6, 6.07) is 9.08. The molecule has 2 amide bonds. The molecule has 2 fully saturated rings. The van der Waals surface area contributed by atoms with Gasteiger partial charge in [-0.3, -0.25) is 9.59 Å². The van der Waals surface area contributed by atoms with Crippen LogP contribution < -0.4 is 10.2 Å². The molecule has 4 heterocycles. The molecule has 10 heteroatoms. The van der Waals surface area contributed by atoms with Gasteiger partial charge in [0.1, 0.15) is 5.82 Å². The van der Waals surface area contributed by atoms with Crippen molar-refractivity contribution in [3.63, 3.8) is 0 Å². The van der Waals surface area contributed by atoms with Crippen molar-refractivity contribution in [1.82, 2.24) is 9.78 Å². The second kappa shape index (κ2) is 7.42. The number of carbonyl (C=O) groups excluding carboxylic acids is 2. The molecule has 158 valence electrons. The number of nitrogens with one attached hydrogen (secondary N) is 1. The number of hydrogen-bond acceptors (Lipinski definition) is 6. The van der Waals surface area contributed by atoms with Crippen LogP contribution in [0.15, 0.2) is 30.3 Å². The van der Waals surface area contributed by atoms with Crippen molar-refractivity contribution in [3.05, 3.63) is 41.6 Å². The van der Waals surface area contributed by atoms with Crippen molar-refractivity contribution in [3.8, 4) is 0 Å². The Bertz CT molecular complexity index is 1110. The first-order valence-electron chi connectivity index (χ1n) is 9.96. The number of para-hydroxylation sites is 1. The number of aromatic nitrogens is 2. The van der Waals surface area contributed by atoms with Gasteiger partial charge in [0.15, 0.2) is 9.84 Å². The lowest BCUT2D eigenvalue weighted by molar-refractivity contribution is -0.122. The van der Waals surface area contributed by atoms with Crippen LogP contribution in [0.4, 0.5) is 11.5 Å². The van der Waals surface area contributed by atoms with E-state index in [0.717, 1.165) is 28.5 Å². The molecule has 1 aromatic carbocycles. The summed E-state index contributed by atoms with van der Waals surface area (Å²) < 4.78 is 25.6. The van der Waals surface area contributed by atoms with E-state index in [4.69, 9.17) is 0 Å². The highest BCUT2D eigenvalue weighted by Gasteiger charge is 2.38. The maximum absolute atomic E-state index is 13.1. The third-order valence-corrected chi connectivity index (χ3v) is 8.66. The highest BCUT2D eigenvalue weighted by molar-refractivity contribution is 7.98. The quantitative estimate of drug-likeness (QED) is 0.771. The van der Waals surface area contributed by atoms with Crippen LogP contribution in [0.1, 0.15) is 30.1 Å². The second-order valence-electron chi connectivity index (χ2n) is 8.00. The highest BCUT2D eigenvalue weighted by atomic mass is 32.2. The molecule has 1 N–H and O–H groups in total. The Morgan fingerprint density at radius 3 is 2.73 bits per heavy atom. The van der Waals surface area contributed by atoms with Gasteiger partial charge in [-0.2, -0.15) is 16.9 Å². The molecule has 3 aliphatic heterocycles. The minimum Gasteiger partial charge on any atom is -0.312 e. The molecule has 2 unspecified atom stereocenters. The van der Waals surface area contributed by atoms with Gasteiger partial charge >= 0.3 is 0 Å². The Morgan fingerprint density at radius 2 is 2.00 bits per heavy atom. The summed E-state index contributed by atoms with van der Waals surface area (Å²) in [7, 11) is -3.07. The van der Waals surface area contributed by atoms with Gasteiger partial charge in [0.05, 0.1) is 29.2 Å². The summed E-state index contributed by atoms with van der Waals surface area (Å²) in [5.41, 5.74) is 2.67. The Balaban J connectivity index is 1.37. The van der Waals surface area contributed by atoms with E-state index >= 15 is 0 Å². The molecule has 0 bridgehead atoms. The zero-order valence-electron chi connectivity index (χ0n) is 16.3. The van der Waals surface area contributed by atoms with Crippen LogP contribution >= 0.6 is 11.8 Å². The number of sulfone groups is 1. The molecule has 30 heavy (non-hydrogen) atoms. The number of nitrogens with zero attached hydrogens (tertiary/aromatic N) is 3. The molecule has 0 radical (unpaired) electrons. The summed E-state index contributed by atoms with van der Waals surface area (Å²) in [6.45, 7) is 0.331. The molecular weight excluding hydrogens is 424 g/mol. The second-order valence-corrected chi connectivity index (χ2v) is 11.2. The highest BCUT2D eigenvalue weighted by Crippen LogP contribution is 2.38. The molecule has 2 atom stereocenters. The van der Waals surface area contributed by atoms with E-state index in [1.165, 1.54) is 0 Å². The molecule has 0 saturated carbocycles. The van der Waals surface area contributed by atoms with Gasteiger partial charge in [-0.25, -0.2) is 13.1 Å². The lowest BCUT2D eigenvalue weighted by atomic mass is 10.1. The van der Waals surface area contributed by atoms with E-state index in [0.29, 0.717) is 18.8 Å². The Hall–Kier alpha value is -2.33. The molecule has 2 saturated heterocycles. The van der Waals surface area contributed by atoms with Crippen LogP contribution in [0.3, 0.4) is 0 Å². The van der Waals surface area contributed by atoms with Crippen LogP contribution in [-0.4, -0.2) is 48.1 Å². The fraction of sp³-hybridized carbons (Fsp3) is 0.450. The van der Waals surface area contributed by atoms with Gasteiger partial charge < -0.3 is 10.2 Å². The van der Waals surface area contributed by atoms with E-state index in [1.807, 2.05) is 30.3 Å². The molecule has 1 aromatic heterocycles. The summed E-state index contributed by atoms with van der Waals surface area (Å²) in [5, 5.41) is 7.64. The average molecular weight is 447 g/mol. The normalized spacial score (nSPS) is 24.9. The zero-order chi connectivity index (χ0) is 20.9. The van der Waals surface area contributed by atoms with Crippen LogP contribution in [0, 0.1) is 5.92 Å². The predicted octanol–water partition coefficient (Wildman–Crippen LogP) is 1.98. The summed E-state index contributed by atoms with van der Waals surface area (Å²) in [4.78, 5) is 27.2. The fourth-order valence-corrected chi connectivity index (χ4v) is 7.08. The van der Waals surface area contributed by atoms with Crippen LogP contribution in [0.5, 0.6) is 0 Å². The lowest BCUT2D eigenvalue weighted by Gasteiger charge is -2.18. The van der Waals surface area contributed by atoms with Crippen molar-refractivity contribution in [2.24, 2.45) is 5.92 Å². The van der Waals surface area contributed by atoms with Gasteiger partial charge in [0.2, 0.25) is 11.8 Å². The van der Waals surface area contributed by atoms with Gasteiger partial charge in [-0.1, -0.05) is 18.2 Å². The maximum Gasteiger partial charge on any atom is 0.230 e. The van der Waals surface area contributed by atoms with E-state index < -0.39 is 15.8 Å². The molecule has 3 aliphatic rings. The number of benzene rings is 1. The van der Waals surface area contributed by atoms with E-state index in [1.54, 1.807) is 21.3 Å². The lowest BCUT2D eigenvalue weighted by Crippen LogP contribution is -2.29. The SMILES string of the molecule is O=C(Nc1c2c(nn1C1CCS(=O)(=O)C1)CSC2)C1CC(=O)N(c2ccccc2)C1. The smallest absolute Gasteiger partial charge is 0.230 e. The first kappa shape index (κ1) is 19.6.